The smallest absolute Gasteiger partial charge is 0.123 e. The van der Waals surface area contributed by atoms with Crippen LogP contribution in [0, 0.1) is 5.82 Å². The first-order valence-electron chi connectivity index (χ1n) is 10.8. The van der Waals surface area contributed by atoms with E-state index in [0.717, 1.165) is 63.8 Å². The first kappa shape index (κ1) is 21.2. The molecule has 0 aliphatic carbocycles. The Morgan fingerprint density at radius 1 is 0.900 bits per heavy atom. The standard InChI is InChI=1S/C24H31FN2O3/c25-22-5-3-21(4-6-22)24(28)9-11-27(12-10-24)19-20-1-7-23(8-2-20)30-18-15-26-13-16-29-17-14-26/h1-8,28H,9-19H2. The minimum absolute atomic E-state index is 0.270. The normalized spacial score (nSPS) is 20.2. The second-order valence-electron chi connectivity index (χ2n) is 8.26. The van der Waals surface area contributed by atoms with Gasteiger partial charge in [-0.2, -0.15) is 0 Å². The molecule has 2 aliphatic rings. The highest BCUT2D eigenvalue weighted by Crippen LogP contribution is 2.33. The van der Waals surface area contributed by atoms with Gasteiger partial charge in [0.2, 0.25) is 0 Å². The summed E-state index contributed by atoms with van der Waals surface area (Å²) < 4.78 is 24.4. The van der Waals surface area contributed by atoms with Gasteiger partial charge in [0.25, 0.3) is 0 Å². The number of morpholine rings is 1. The predicted molar refractivity (Wildman–Crippen MR) is 114 cm³/mol. The Balaban J connectivity index is 1.22. The molecule has 0 bridgehead atoms. The second-order valence-corrected chi connectivity index (χ2v) is 8.26. The van der Waals surface area contributed by atoms with Crippen molar-refractivity contribution in [3.8, 4) is 5.75 Å². The SMILES string of the molecule is OC1(c2ccc(F)cc2)CCN(Cc2ccc(OCCN3CCOCC3)cc2)CC1. The number of piperidine rings is 1. The van der Waals surface area contributed by atoms with Gasteiger partial charge >= 0.3 is 0 Å². The van der Waals surface area contributed by atoms with E-state index in [1.54, 1.807) is 12.1 Å². The third-order valence-electron chi connectivity index (χ3n) is 6.17. The zero-order chi connectivity index (χ0) is 20.8. The van der Waals surface area contributed by atoms with E-state index in [4.69, 9.17) is 9.47 Å². The van der Waals surface area contributed by atoms with Crippen LogP contribution in [0.1, 0.15) is 24.0 Å². The van der Waals surface area contributed by atoms with Crippen LogP contribution in [-0.4, -0.2) is 67.5 Å². The largest absolute Gasteiger partial charge is 0.492 e. The van der Waals surface area contributed by atoms with Crippen LogP contribution in [0.15, 0.2) is 48.5 Å². The summed E-state index contributed by atoms with van der Waals surface area (Å²) in [6, 6.07) is 14.5. The van der Waals surface area contributed by atoms with Crippen LogP contribution in [-0.2, 0) is 16.9 Å². The summed E-state index contributed by atoms with van der Waals surface area (Å²) in [5.41, 5.74) is 1.19. The van der Waals surface area contributed by atoms with Gasteiger partial charge in [-0.05, 0) is 48.2 Å². The lowest BCUT2D eigenvalue weighted by molar-refractivity contribution is -0.0277. The Kier molecular flexibility index (Phi) is 7.00. The highest BCUT2D eigenvalue weighted by molar-refractivity contribution is 5.28. The monoisotopic (exact) mass is 414 g/mol. The number of hydrogen-bond acceptors (Lipinski definition) is 5. The van der Waals surface area contributed by atoms with Gasteiger partial charge in [-0.3, -0.25) is 9.80 Å². The molecule has 30 heavy (non-hydrogen) atoms. The maximum atomic E-state index is 13.2. The molecule has 0 unspecified atom stereocenters. The minimum Gasteiger partial charge on any atom is -0.492 e. The summed E-state index contributed by atoms with van der Waals surface area (Å²) in [4.78, 5) is 4.72. The fourth-order valence-electron chi connectivity index (χ4n) is 4.20. The molecule has 0 amide bonds. The summed E-state index contributed by atoms with van der Waals surface area (Å²) in [5.74, 6) is 0.629. The van der Waals surface area contributed by atoms with E-state index >= 15 is 0 Å². The first-order chi connectivity index (χ1) is 14.6. The third-order valence-corrected chi connectivity index (χ3v) is 6.17. The number of benzene rings is 2. The lowest BCUT2D eigenvalue weighted by atomic mass is 9.84. The molecule has 2 aromatic rings. The van der Waals surface area contributed by atoms with E-state index in [9.17, 15) is 9.50 Å². The highest BCUT2D eigenvalue weighted by atomic mass is 19.1. The number of nitrogens with zero attached hydrogens (tertiary/aromatic N) is 2. The molecule has 0 saturated carbocycles. The third kappa shape index (κ3) is 5.58. The van der Waals surface area contributed by atoms with Gasteiger partial charge in [-0.25, -0.2) is 4.39 Å². The van der Waals surface area contributed by atoms with Crippen LogP contribution >= 0.6 is 0 Å². The van der Waals surface area contributed by atoms with Gasteiger partial charge in [0.05, 0.1) is 18.8 Å². The zero-order valence-corrected chi connectivity index (χ0v) is 17.4. The summed E-state index contributed by atoms with van der Waals surface area (Å²) >= 11 is 0. The fourth-order valence-corrected chi connectivity index (χ4v) is 4.20. The minimum atomic E-state index is -0.859. The maximum Gasteiger partial charge on any atom is 0.123 e. The fraction of sp³-hybridized carbons (Fsp3) is 0.500. The molecule has 2 fully saturated rings. The number of hydrogen-bond donors (Lipinski definition) is 1. The van der Waals surface area contributed by atoms with Gasteiger partial charge in [0.1, 0.15) is 18.2 Å². The Morgan fingerprint density at radius 3 is 2.23 bits per heavy atom. The molecule has 0 aromatic heterocycles. The molecule has 2 aromatic carbocycles. The molecule has 2 heterocycles. The van der Waals surface area contributed by atoms with E-state index in [-0.39, 0.29) is 5.82 Å². The quantitative estimate of drug-likeness (QED) is 0.755. The van der Waals surface area contributed by atoms with Crippen molar-refractivity contribution in [1.82, 2.24) is 9.80 Å². The van der Waals surface area contributed by atoms with Crippen molar-refractivity contribution in [3.05, 3.63) is 65.5 Å². The van der Waals surface area contributed by atoms with Crippen molar-refractivity contribution < 1.29 is 19.0 Å². The number of likely N-dealkylation sites (tertiary alicyclic amines) is 1. The second kappa shape index (κ2) is 9.88. The lowest BCUT2D eigenvalue weighted by Gasteiger charge is -2.38. The van der Waals surface area contributed by atoms with Crippen LogP contribution in [0.3, 0.4) is 0 Å². The van der Waals surface area contributed by atoms with Crippen LogP contribution in [0.25, 0.3) is 0 Å². The lowest BCUT2D eigenvalue weighted by Crippen LogP contribution is -2.42. The topological polar surface area (TPSA) is 45.2 Å². The van der Waals surface area contributed by atoms with E-state index in [2.05, 4.69) is 21.9 Å². The highest BCUT2D eigenvalue weighted by Gasteiger charge is 2.33. The van der Waals surface area contributed by atoms with Crippen LogP contribution in [0.5, 0.6) is 5.75 Å². The van der Waals surface area contributed by atoms with Crippen LogP contribution in [0.4, 0.5) is 4.39 Å². The molecular formula is C24H31FN2O3. The number of halogens is 1. The molecule has 2 saturated heterocycles. The average Bonchev–Trinajstić information content (AvgIpc) is 2.78. The molecule has 5 nitrogen and oxygen atoms in total. The zero-order valence-electron chi connectivity index (χ0n) is 17.4. The molecule has 1 N–H and O–H groups in total. The van der Waals surface area contributed by atoms with Crippen molar-refractivity contribution >= 4 is 0 Å². The number of rotatable bonds is 7. The van der Waals surface area contributed by atoms with E-state index < -0.39 is 5.60 Å². The van der Waals surface area contributed by atoms with E-state index in [1.807, 2.05) is 12.1 Å². The van der Waals surface area contributed by atoms with Crippen molar-refractivity contribution in [1.29, 1.82) is 0 Å². The van der Waals surface area contributed by atoms with Crippen molar-refractivity contribution in [2.75, 3.05) is 52.5 Å². The summed E-state index contributed by atoms with van der Waals surface area (Å²) in [6.07, 6.45) is 1.31. The van der Waals surface area contributed by atoms with Gasteiger partial charge in [0.15, 0.2) is 0 Å². The van der Waals surface area contributed by atoms with Gasteiger partial charge in [-0.1, -0.05) is 24.3 Å². The van der Waals surface area contributed by atoms with Gasteiger partial charge in [-0.15, -0.1) is 0 Å². The molecule has 4 rings (SSSR count). The van der Waals surface area contributed by atoms with Crippen molar-refractivity contribution in [2.24, 2.45) is 0 Å². The molecular weight excluding hydrogens is 383 g/mol. The van der Waals surface area contributed by atoms with Gasteiger partial charge in [0, 0.05) is 39.3 Å². The molecule has 0 atom stereocenters. The van der Waals surface area contributed by atoms with E-state index in [1.165, 1.54) is 17.7 Å². The first-order valence-corrected chi connectivity index (χ1v) is 10.8. The molecule has 2 aliphatic heterocycles. The average molecular weight is 415 g/mol. The van der Waals surface area contributed by atoms with Gasteiger partial charge < -0.3 is 14.6 Å². The predicted octanol–water partition coefficient (Wildman–Crippen LogP) is 3.02. The van der Waals surface area contributed by atoms with Crippen LogP contribution < -0.4 is 4.74 Å². The molecule has 0 radical (unpaired) electrons. The Labute approximate surface area is 178 Å². The molecule has 0 spiro atoms. The summed E-state index contributed by atoms with van der Waals surface area (Å²) in [5, 5.41) is 11.0. The Hall–Kier alpha value is -1.99. The maximum absolute atomic E-state index is 13.2. The number of aliphatic hydroxyl groups is 1. The molecule has 6 heteroatoms. The summed E-state index contributed by atoms with van der Waals surface area (Å²) in [7, 11) is 0. The van der Waals surface area contributed by atoms with Crippen molar-refractivity contribution in [3.63, 3.8) is 0 Å². The van der Waals surface area contributed by atoms with Crippen molar-refractivity contribution in [2.45, 2.75) is 25.0 Å². The summed E-state index contributed by atoms with van der Waals surface area (Å²) in [6.45, 7) is 7.68. The Bertz CT molecular complexity index is 783. The number of ether oxygens (including phenoxy) is 2. The molecule has 162 valence electrons. The van der Waals surface area contributed by atoms with Crippen LogP contribution in [0.2, 0.25) is 0 Å². The van der Waals surface area contributed by atoms with E-state index in [0.29, 0.717) is 19.4 Å². The Morgan fingerprint density at radius 2 is 1.57 bits per heavy atom.